The third-order valence-corrected chi connectivity index (χ3v) is 7.10. The maximum Gasteiger partial charge on any atom is 0.277 e. The number of ether oxygens (including phenoxy) is 1. The number of hydrogen-bond donors (Lipinski definition) is 1. The molecule has 1 aliphatic rings. The Hall–Kier alpha value is -4.39. The summed E-state index contributed by atoms with van der Waals surface area (Å²) in [6, 6.07) is 21.8. The average Bonchev–Trinajstić information content (AvgIpc) is 3.42. The van der Waals surface area contributed by atoms with E-state index < -0.39 is 0 Å². The minimum atomic E-state index is -0.347. The Labute approximate surface area is 235 Å². The van der Waals surface area contributed by atoms with Crippen LogP contribution in [0.1, 0.15) is 70.5 Å². The van der Waals surface area contributed by atoms with Gasteiger partial charge in [-0.15, -0.1) is 0 Å². The van der Waals surface area contributed by atoms with E-state index in [9.17, 15) is 9.59 Å². The number of nitrogens with zero attached hydrogens (tertiary/aromatic N) is 2. The summed E-state index contributed by atoms with van der Waals surface area (Å²) in [5.41, 5.74) is 6.51. The molecule has 7 nitrogen and oxygen atoms in total. The van der Waals surface area contributed by atoms with Crippen LogP contribution in [-0.2, 0) is 17.8 Å². The van der Waals surface area contributed by atoms with Gasteiger partial charge in [0.1, 0.15) is 12.0 Å². The summed E-state index contributed by atoms with van der Waals surface area (Å²) in [7, 11) is 0. The van der Waals surface area contributed by atoms with Crippen LogP contribution in [-0.4, -0.2) is 28.2 Å². The molecule has 0 aliphatic carbocycles. The fourth-order valence-electron chi connectivity index (χ4n) is 4.98. The highest BCUT2D eigenvalue weighted by atomic mass is 16.5. The van der Waals surface area contributed by atoms with Crippen molar-refractivity contribution < 1.29 is 18.7 Å². The summed E-state index contributed by atoms with van der Waals surface area (Å²) in [6.07, 6.45) is 2.64. The molecule has 0 radical (unpaired) electrons. The molecule has 4 aromatic rings. The lowest BCUT2D eigenvalue weighted by molar-refractivity contribution is -0.134. The minimum Gasteiger partial charge on any atom is -0.484 e. The second kappa shape index (κ2) is 11.8. The van der Waals surface area contributed by atoms with Crippen molar-refractivity contribution in [1.29, 1.82) is 0 Å². The van der Waals surface area contributed by atoms with E-state index in [2.05, 4.69) is 61.4 Å². The number of aryl methyl sites for hydroxylation is 2. The molecular weight excluding hydrogens is 502 g/mol. The first-order valence-electron chi connectivity index (χ1n) is 13.7. The Morgan fingerprint density at radius 1 is 1.02 bits per heavy atom. The van der Waals surface area contributed by atoms with Crippen molar-refractivity contribution in [2.45, 2.75) is 53.2 Å². The number of benzene rings is 3. The number of carbonyl (C=O) groups is 2. The van der Waals surface area contributed by atoms with Crippen LogP contribution in [0.5, 0.6) is 5.75 Å². The summed E-state index contributed by atoms with van der Waals surface area (Å²) >= 11 is 0. The molecule has 0 saturated heterocycles. The van der Waals surface area contributed by atoms with E-state index in [-0.39, 0.29) is 36.1 Å². The van der Waals surface area contributed by atoms with Crippen LogP contribution in [0.15, 0.2) is 77.4 Å². The van der Waals surface area contributed by atoms with E-state index >= 15 is 0 Å². The number of fused-ring (bicyclic) bond motifs is 1. The lowest BCUT2D eigenvalue weighted by Crippen LogP contribution is -2.41. The molecule has 0 spiro atoms. The topological polar surface area (TPSA) is 84.7 Å². The van der Waals surface area contributed by atoms with Gasteiger partial charge in [0.05, 0.1) is 6.04 Å². The maximum atomic E-state index is 13.3. The van der Waals surface area contributed by atoms with Crippen molar-refractivity contribution in [3.05, 3.63) is 112 Å². The van der Waals surface area contributed by atoms with E-state index in [1.54, 1.807) is 0 Å². The van der Waals surface area contributed by atoms with Gasteiger partial charge in [-0.1, -0.05) is 67.4 Å². The zero-order valence-electron chi connectivity index (χ0n) is 23.4. The largest absolute Gasteiger partial charge is 0.484 e. The normalized spacial score (nSPS) is 14.6. The molecule has 5 rings (SSSR count). The zero-order valence-corrected chi connectivity index (χ0v) is 23.4. The van der Waals surface area contributed by atoms with Gasteiger partial charge >= 0.3 is 0 Å². The summed E-state index contributed by atoms with van der Waals surface area (Å²) in [4.78, 5) is 32.2. The van der Waals surface area contributed by atoms with Crippen molar-refractivity contribution >= 4 is 17.5 Å². The van der Waals surface area contributed by atoms with Crippen LogP contribution in [0.2, 0.25) is 0 Å². The Morgan fingerprint density at radius 2 is 1.73 bits per heavy atom. The first-order valence-corrected chi connectivity index (χ1v) is 13.7. The molecule has 1 atom stereocenters. The van der Waals surface area contributed by atoms with Crippen LogP contribution >= 0.6 is 0 Å². The number of anilines is 1. The van der Waals surface area contributed by atoms with Gasteiger partial charge in [-0.25, -0.2) is 4.98 Å². The van der Waals surface area contributed by atoms with Gasteiger partial charge in [0.2, 0.25) is 11.8 Å². The fourth-order valence-corrected chi connectivity index (χ4v) is 4.98. The van der Waals surface area contributed by atoms with Crippen LogP contribution in [0.4, 0.5) is 5.69 Å². The van der Waals surface area contributed by atoms with Gasteiger partial charge in [-0.2, -0.15) is 0 Å². The molecule has 0 saturated carbocycles. The second-order valence-corrected chi connectivity index (χ2v) is 10.8. The zero-order chi connectivity index (χ0) is 28.2. The lowest BCUT2D eigenvalue weighted by atomic mass is 9.87. The molecule has 1 aromatic heterocycles. The number of rotatable bonds is 8. The standard InChI is InChI=1S/C33H35N3O4/c1-21(2)17-31(37)36-16-15-24-11-14-27(18-28(24)32(36)25-9-5-22(3)6-10-25)39-20-30-35-29(19-40-30)33(38)34-26-12-7-23(4)8-13-26/h5-14,18-19,21,32H,15-17,20H2,1-4H3,(H,34,38). The molecule has 206 valence electrons. The van der Waals surface area contributed by atoms with Crippen LogP contribution in [0.3, 0.4) is 0 Å². The van der Waals surface area contributed by atoms with E-state index in [0.717, 1.165) is 23.1 Å². The van der Waals surface area contributed by atoms with E-state index in [0.29, 0.717) is 30.3 Å². The highest BCUT2D eigenvalue weighted by Gasteiger charge is 2.32. The molecule has 0 fully saturated rings. The molecule has 1 unspecified atom stereocenters. The van der Waals surface area contributed by atoms with Gasteiger partial charge in [0, 0.05) is 18.7 Å². The van der Waals surface area contributed by atoms with Gasteiger partial charge < -0.3 is 19.4 Å². The number of carbonyl (C=O) groups excluding carboxylic acids is 2. The third-order valence-electron chi connectivity index (χ3n) is 7.10. The molecule has 1 aliphatic heterocycles. The predicted octanol–water partition coefficient (Wildman–Crippen LogP) is 6.64. The van der Waals surface area contributed by atoms with Gasteiger partial charge in [0.15, 0.2) is 12.3 Å². The van der Waals surface area contributed by atoms with Crippen LogP contribution < -0.4 is 10.1 Å². The van der Waals surface area contributed by atoms with E-state index in [1.807, 2.05) is 48.2 Å². The number of amides is 2. The monoisotopic (exact) mass is 537 g/mol. The quantitative estimate of drug-likeness (QED) is 0.272. The first kappa shape index (κ1) is 27.2. The highest BCUT2D eigenvalue weighted by Crippen LogP contribution is 2.38. The van der Waals surface area contributed by atoms with Crippen molar-refractivity contribution in [3.8, 4) is 5.75 Å². The second-order valence-electron chi connectivity index (χ2n) is 10.8. The molecule has 7 heteroatoms. The smallest absolute Gasteiger partial charge is 0.277 e. The Bertz CT molecular complexity index is 1490. The van der Waals surface area contributed by atoms with Crippen molar-refractivity contribution in [2.75, 3.05) is 11.9 Å². The highest BCUT2D eigenvalue weighted by molar-refractivity contribution is 6.02. The Balaban J connectivity index is 1.33. The molecule has 40 heavy (non-hydrogen) atoms. The molecule has 3 aromatic carbocycles. The number of hydrogen-bond acceptors (Lipinski definition) is 5. The van der Waals surface area contributed by atoms with Gasteiger partial charge in [0.25, 0.3) is 5.91 Å². The average molecular weight is 538 g/mol. The lowest BCUT2D eigenvalue weighted by Gasteiger charge is -2.38. The predicted molar refractivity (Wildman–Crippen MR) is 154 cm³/mol. The van der Waals surface area contributed by atoms with Crippen molar-refractivity contribution in [3.63, 3.8) is 0 Å². The summed E-state index contributed by atoms with van der Waals surface area (Å²) in [5, 5.41) is 2.82. The molecular formula is C33H35N3O4. The van der Waals surface area contributed by atoms with E-state index in [1.165, 1.54) is 17.4 Å². The fraction of sp³-hybridized carbons (Fsp3) is 0.303. The third kappa shape index (κ3) is 6.25. The summed E-state index contributed by atoms with van der Waals surface area (Å²) in [6.45, 7) is 8.95. The number of oxazole rings is 1. The van der Waals surface area contributed by atoms with E-state index in [4.69, 9.17) is 9.15 Å². The van der Waals surface area contributed by atoms with Gasteiger partial charge in [-0.3, -0.25) is 9.59 Å². The molecule has 0 bridgehead atoms. The van der Waals surface area contributed by atoms with Crippen molar-refractivity contribution in [2.24, 2.45) is 5.92 Å². The SMILES string of the molecule is Cc1ccc(NC(=O)c2coc(COc3ccc4c(c3)C(c3ccc(C)cc3)N(C(=O)CC(C)C)CC4)n2)cc1. The summed E-state index contributed by atoms with van der Waals surface area (Å²) < 4.78 is 11.6. The van der Waals surface area contributed by atoms with Gasteiger partial charge in [-0.05, 0) is 67.1 Å². The Kier molecular flexibility index (Phi) is 8.01. The number of aromatic nitrogens is 1. The van der Waals surface area contributed by atoms with Crippen LogP contribution in [0, 0.1) is 19.8 Å². The minimum absolute atomic E-state index is 0.0712. The summed E-state index contributed by atoms with van der Waals surface area (Å²) in [5.74, 6) is 1.05. The molecule has 1 N–H and O–H groups in total. The Morgan fingerprint density at radius 3 is 2.42 bits per heavy atom. The van der Waals surface area contributed by atoms with Crippen LogP contribution in [0.25, 0.3) is 0 Å². The molecule has 2 heterocycles. The number of nitrogens with one attached hydrogen (secondary N) is 1. The maximum absolute atomic E-state index is 13.3. The first-order chi connectivity index (χ1) is 19.3. The molecule has 2 amide bonds. The van der Waals surface area contributed by atoms with Crippen molar-refractivity contribution in [1.82, 2.24) is 9.88 Å².